The zero-order valence-corrected chi connectivity index (χ0v) is 21.3. The molecule has 0 radical (unpaired) electrons. The quantitative estimate of drug-likeness (QED) is 0.459. The van der Waals surface area contributed by atoms with Gasteiger partial charge in [-0.05, 0) is 24.1 Å². The van der Waals surface area contributed by atoms with Gasteiger partial charge in [-0.15, -0.1) is 0 Å². The molecule has 4 aliphatic rings. The Labute approximate surface area is 206 Å². The molecule has 1 spiro atoms. The fourth-order valence-corrected chi connectivity index (χ4v) is 8.24. The summed E-state index contributed by atoms with van der Waals surface area (Å²) in [7, 11) is 4.83. The van der Waals surface area contributed by atoms with Crippen molar-refractivity contribution in [1.29, 1.82) is 0 Å². The lowest BCUT2D eigenvalue weighted by Gasteiger charge is -2.61. The van der Waals surface area contributed by atoms with Gasteiger partial charge in [0.25, 0.3) is 0 Å². The molecular weight excluding hydrogens is 448 g/mol. The Kier molecular flexibility index (Phi) is 5.68. The number of quaternary nitrogens is 1. The molecule has 1 saturated heterocycles. The van der Waals surface area contributed by atoms with Gasteiger partial charge >= 0.3 is 11.9 Å². The number of ether oxygens (including phenoxy) is 3. The van der Waals surface area contributed by atoms with E-state index < -0.39 is 40.5 Å². The van der Waals surface area contributed by atoms with Gasteiger partial charge in [0.05, 0.1) is 44.2 Å². The van der Waals surface area contributed by atoms with Crippen LogP contribution in [0.4, 0.5) is 5.69 Å². The van der Waals surface area contributed by atoms with E-state index in [0.29, 0.717) is 12.2 Å². The number of methoxy groups -OCH3 is 2. The van der Waals surface area contributed by atoms with Crippen LogP contribution in [0.5, 0.6) is 5.75 Å². The summed E-state index contributed by atoms with van der Waals surface area (Å²) in [4.78, 5) is 29.6. The lowest BCUT2D eigenvalue weighted by atomic mass is 9.47. The first-order chi connectivity index (χ1) is 16.7. The Hall–Kier alpha value is -2.58. The molecule has 3 aliphatic heterocycles. The lowest BCUT2D eigenvalue weighted by Crippen LogP contribution is -3.18. The average molecular weight is 486 g/mol. The van der Waals surface area contributed by atoms with Gasteiger partial charge < -0.3 is 29.1 Å². The molecule has 0 aromatic heterocycles. The molecule has 1 aromatic rings. The Morgan fingerprint density at radius 2 is 2.06 bits per heavy atom. The van der Waals surface area contributed by atoms with Gasteiger partial charge in [0.2, 0.25) is 5.60 Å². The monoisotopic (exact) mass is 485 g/mol. The molecule has 1 unspecified atom stereocenters. The predicted octanol–water partition coefficient (Wildman–Crippen LogP) is 1.00. The number of esters is 2. The van der Waals surface area contributed by atoms with Gasteiger partial charge in [0.15, 0.2) is 6.10 Å². The molecule has 8 heteroatoms. The first kappa shape index (κ1) is 24.1. The van der Waals surface area contributed by atoms with Gasteiger partial charge in [-0.3, -0.25) is 4.79 Å². The number of nitrogens with zero attached hydrogens (tertiary/aromatic N) is 1. The number of unbranched alkanes of at least 4 members (excludes halogenated alkanes) is 1. The van der Waals surface area contributed by atoms with Crippen molar-refractivity contribution in [2.24, 2.45) is 5.41 Å². The molecule has 0 amide bonds. The summed E-state index contributed by atoms with van der Waals surface area (Å²) < 4.78 is 16.8. The SMILES string of the molecule is CCCC[C@@]12C=CC[NH+]3CC[C@@]4(c5ccc(OC)cc5N(C)[C@@H]4[C@](O)(C(=O)OC)[C@@H]1OC(C)=O)[C@@H]32. The Bertz CT molecular complexity index is 1070. The van der Waals surface area contributed by atoms with Crippen molar-refractivity contribution in [3.63, 3.8) is 0 Å². The number of fused-ring (bicyclic) bond motifs is 1. The van der Waals surface area contributed by atoms with E-state index in [4.69, 9.17) is 14.2 Å². The first-order valence-electron chi connectivity index (χ1n) is 12.6. The smallest absolute Gasteiger partial charge is 0.344 e. The van der Waals surface area contributed by atoms with Crippen molar-refractivity contribution in [2.75, 3.05) is 39.3 Å². The second-order valence-corrected chi connectivity index (χ2v) is 10.7. The van der Waals surface area contributed by atoms with Crippen LogP contribution in [0, 0.1) is 5.41 Å². The normalized spacial score (nSPS) is 38.4. The van der Waals surface area contributed by atoms with Crippen LogP contribution >= 0.6 is 0 Å². The number of likely N-dealkylation sites (N-methyl/N-ethyl adjacent to an activating group) is 1. The molecule has 35 heavy (non-hydrogen) atoms. The summed E-state index contributed by atoms with van der Waals surface area (Å²) in [5.41, 5.74) is -1.26. The summed E-state index contributed by atoms with van der Waals surface area (Å²) in [5.74, 6) is -0.563. The van der Waals surface area contributed by atoms with Crippen LogP contribution in [-0.2, 0) is 24.5 Å². The Balaban J connectivity index is 1.85. The summed E-state index contributed by atoms with van der Waals surface area (Å²) in [6.45, 7) is 5.24. The highest BCUT2D eigenvalue weighted by Gasteiger charge is 2.82. The van der Waals surface area contributed by atoms with Crippen LogP contribution in [0.15, 0.2) is 30.4 Å². The van der Waals surface area contributed by atoms with Gasteiger partial charge in [-0.2, -0.15) is 0 Å². The summed E-state index contributed by atoms with van der Waals surface area (Å²) >= 11 is 0. The number of hydrogen-bond acceptors (Lipinski definition) is 7. The molecule has 1 aromatic carbocycles. The van der Waals surface area contributed by atoms with E-state index in [1.54, 1.807) is 7.11 Å². The van der Waals surface area contributed by atoms with E-state index in [0.717, 1.165) is 43.6 Å². The number of carbonyl (C=O) groups excluding carboxylic acids is 2. The van der Waals surface area contributed by atoms with E-state index in [2.05, 4.69) is 25.1 Å². The predicted molar refractivity (Wildman–Crippen MR) is 130 cm³/mol. The highest BCUT2D eigenvalue weighted by Crippen LogP contribution is 2.64. The van der Waals surface area contributed by atoms with Crippen molar-refractivity contribution in [1.82, 2.24) is 0 Å². The number of carbonyl (C=O) groups is 2. The molecule has 190 valence electrons. The van der Waals surface area contributed by atoms with Crippen LogP contribution < -0.4 is 14.5 Å². The van der Waals surface area contributed by atoms with Crippen LogP contribution in [0.2, 0.25) is 0 Å². The molecule has 2 fully saturated rings. The van der Waals surface area contributed by atoms with Crippen LogP contribution in [-0.4, -0.2) is 75.2 Å². The average Bonchev–Trinajstić information content (AvgIpc) is 3.36. The standard InChI is InChI=1S/C27H36N2O6/c1-6-7-11-25-12-8-14-29-15-13-26(21(25)29)19-10-9-18(33-4)16-20(19)28(3)22(26)27(32,24(31)34-5)23(25)35-17(2)30/h8-10,12,16,21-23,32H,6-7,11,13-15H2,1-5H3/p+1/t21-,22-,23+,25-,26+,27+/m0/s1. The maximum Gasteiger partial charge on any atom is 0.344 e. The van der Waals surface area contributed by atoms with Gasteiger partial charge in [-0.1, -0.05) is 31.9 Å². The maximum atomic E-state index is 13.7. The summed E-state index contributed by atoms with van der Waals surface area (Å²) in [6, 6.07) is 5.41. The first-order valence-corrected chi connectivity index (χ1v) is 12.6. The van der Waals surface area contributed by atoms with E-state index in [9.17, 15) is 14.7 Å². The van der Waals surface area contributed by atoms with Gasteiger partial charge in [-0.25, -0.2) is 4.79 Å². The molecule has 7 atom stereocenters. The highest BCUT2D eigenvalue weighted by atomic mass is 16.6. The van der Waals surface area contributed by atoms with E-state index in [1.807, 2.05) is 24.1 Å². The van der Waals surface area contributed by atoms with Gasteiger partial charge in [0.1, 0.15) is 11.8 Å². The third kappa shape index (κ3) is 2.93. The minimum Gasteiger partial charge on any atom is -0.497 e. The van der Waals surface area contributed by atoms with Crippen molar-refractivity contribution in [3.8, 4) is 5.75 Å². The maximum absolute atomic E-state index is 13.7. The van der Waals surface area contributed by atoms with E-state index in [-0.39, 0.29) is 6.04 Å². The number of nitrogens with one attached hydrogen (secondary N) is 1. The summed E-state index contributed by atoms with van der Waals surface area (Å²) in [5, 5.41) is 12.6. The number of benzene rings is 1. The number of rotatable bonds is 6. The fourth-order valence-electron chi connectivity index (χ4n) is 8.24. The van der Waals surface area contributed by atoms with Crippen molar-refractivity contribution < 1.29 is 33.8 Å². The van der Waals surface area contributed by atoms with Crippen LogP contribution in [0.25, 0.3) is 0 Å². The Morgan fingerprint density at radius 1 is 1.29 bits per heavy atom. The fraction of sp³-hybridized carbons (Fsp3) is 0.630. The number of anilines is 1. The van der Waals surface area contributed by atoms with Crippen molar-refractivity contribution >= 4 is 17.6 Å². The van der Waals surface area contributed by atoms with Crippen LogP contribution in [0.1, 0.15) is 45.1 Å². The van der Waals surface area contributed by atoms with Crippen LogP contribution in [0.3, 0.4) is 0 Å². The third-order valence-electron chi connectivity index (χ3n) is 9.15. The zero-order valence-electron chi connectivity index (χ0n) is 21.3. The number of hydrogen-bond donors (Lipinski definition) is 2. The Morgan fingerprint density at radius 3 is 2.71 bits per heavy atom. The van der Waals surface area contributed by atoms with E-state index in [1.165, 1.54) is 18.9 Å². The topological polar surface area (TPSA) is 89.7 Å². The van der Waals surface area contributed by atoms with Crippen molar-refractivity contribution in [2.45, 2.75) is 68.7 Å². The second kappa shape index (κ2) is 8.23. The minimum atomic E-state index is -2.07. The lowest BCUT2D eigenvalue weighted by molar-refractivity contribution is -0.920. The zero-order chi connectivity index (χ0) is 25.2. The minimum absolute atomic E-state index is 0.0305. The highest BCUT2D eigenvalue weighted by molar-refractivity contribution is 5.86. The van der Waals surface area contributed by atoms with Crippen molar-refractivity contribution in [3.05, 3.63) is 35.9 Å². The summed E-state index contributed by atoms with van der Waals surface area (Å²) in [6.07, 6.45) is 6.56. The molecular formula is C27H37N2O6+. The van der Waals surface area contributed by atoms with E-state index >= 15 is 0 Å². The molecule has 0 bridgehead atoms. The third-order valence-corrected chi connectivity index (χ3v) is 9.15. The largest absolute Gasteiger partial charge is 0.497 e. The molecule has 5 rings (SSSR count). The molecule has 1 aliphatic carbocycles. The molecule has 2 N–H and O–H groups in total. The molecule has 3 heterocycles. The molecule has 8 nitrogen and oxygen atoms in total. The van der Waals surface area contributed by atoms with Gasteiger partial charge in [0, 0.05) is 32.1 Å². The molecule has 1 saturated carbocycles. The number of aliphatic hydroxyl groups is 1. The second-order valence-electron chi connectivity index (χ2n) is 10.7.